The summed E-state index contributed by atoms with van der Waals surface area (Å²) < 4.78 is 45.3. The van der Waals surface area contributed by atoms with Crippen LogP contribution >= 0.6 is 0 Å². The first-order chi connectivity index (χ1) is 13.4. The van der Waals surface area contributed by atoms with Crippen molar-refractivity contribution in [1.29, 1.82) is 0 Å². The number of benzene rings is 2. The van der Waals surface area contributed by atoms with E-state index in [1.807, 2.05) is 0 Å². The first kappa shape index (κ1) is 19.4. The van der Waals surface area contributed by atoms with E-state index < -0.39 is 30.7 Å². The summed E-state index contributed by atoms with van der Waals surface area (Å²) in [6, 6.07) is 12.5. The van der Waals surface area contributed by atoms with Crippen LogP contribution < -0.4 is 19.5 Å². The van der Waals surface area contributed by atoms with Gasteiger partial charge in [0.05, 0.1) is 5.69 Å². The molecule has 2 atom stereocenters. The maximum Gasteiger partial charge on any atom is 0.387 e. The molecule has 1 N–H and O–H groups in total. The summed E-state index contributed by atoms with van der Waals surface area (Å²) in [7, 11) is 0. The lowest BCUT2D eigenvalue weighted by molar-refractivity contribution is -0.162. The Kier molecular flexibility index (Phi) is 5.93. The molecule has 1 aliphatic rings. The van der Waals surface area contributed by atoms with Gasteiger partial charge in [0.1, 0.15) is 12.4 Å². The second-order valence-corrected chi connectivity index (χ2v) is 5.81. The maximum absolute atomic E-state index is 12.4. The molecular weight excluding hydrogens is 376 g/mol. The average Bonchev–Trinajstić information content (AvgIpc) is 2.68. The Bertz CT molecular complexity index is 860. The Morgan fingerprint density at radius 1 is 1.11 bits per heavy atom. The highest BCUT2D eigenvalue weighted by molar-refractivity contribution is 5.96. The molecule has 1 amide bonds. The number of carbonyl (C=O) groups is 2. The number of carbonyl (C=O) groups excluding carboxylic acids is 2. The van der Waals surface area contributed by atoms with Crippen molar-refractivity contribution in [2.24, 2.45) is 0 Å². The van der Waals surface area contributed by atoms with E-state index in [9.17, 15) is 18.4 Å². The van der Waals surface area contributed by atoms with Gasteiger partial charge in [-0.15, -0.1) is 0 Å². The average molecular weight is 393 g/mol. The number of ether oxygens (including phenoxy) is 4. The molecule has 0 unspecified atom stereocenters. The summed E-state index contributed by atoms with van der Waals surface area (Å²) in [5.41, 5.74) is 0.0295. The van der Waals surface area contributed by atoms with Crippen LogP contribution in [0.3, 0.4) is 0 Å². The predicted molar refractivity (Wildman–Crippen MR) is 93.6 cm³/mol. The molecule has 2 aromatic carbocycles. The van der Waals surface area contributed by atoms with E-state index in [-0.39, 0.29) is 18.0 Å². The molecule has 7 nitrogen and oxygen atoms in total. The van der Waals surface area contributed by atoms with Gasteiger partial charge in [-0.2, -0.15) is 8.78 Å². The summed E-state index contributed by atoms with van der Waals surface area (Å²) in [5, 5.41) is 2.39. The van der Waals surface area contributed by atoms with Gasteiger partial charge in [-0.1, -0.05) is 24.3 Å². The van der Waals surface area contributed by atoms with Crippen LogP contribution in [0.25, 0.3) is 0 Å². The second-order valence-electron chi connectivity index (χ2n) is 5.81. The zero-order valence-electron chi connectivity index (χ0n) is 14.8. The van der Waals surface area contributed by atoms with E-state index in [2.05, 4.69) is 10.1 Å². The number of esters is 1. The molecule has 1 aliphatic heterocycles. The lowest BCUT2D eigenvalue weighted by Crippen LogP contribution is -2.41. The fourth-order valence-electron chi connectivity index (χ4n) is 2.44. The molecule has 0 saturated carbocycles. The molecule has 0 aromatic heterocycles. The number of rotatable bonds is 6. The Labute approximate surface area is 159 Å². The maximum atomic E-state index is 12.4. The van der Waals surface area contributed by atoms with Crippen LogP contribution in [0.15, 0.2) is 48.5 Å². The van der Waals surface area contributed by atoms with Crippen LogP contribution in [-0.2, 0) is 14.3 Å². The fraction of sp³-hybridized carbons (Fsp3) is 0.263. The number of halogens is 2. The smallest absolute Gasteiger partial charge is 0.387 e. The van der Waals surface area contributed by atoms with Crippen LogP contribution in [0.2, 0.25) is 0 Å². The number of hydrogen-bond donors (Lipinski definition) is 1. The second kappa shape index (κ2) is 8.55. The van der Waals surface area contributed by atoms with Gasteiger partial charge in [0, 0.05) is 0 Å². The van der Waals surface area contributed by atoms with Crippen molar-refractivity contribution >= 4 is 17.6 Å². The van der Waals surface area contributed by atoms with Crippen LogP contribution in [-0.4, -0.2) is 37.3 Å². The topological polar surface area (TPSA) is 83.1 Å². The number of hydrogen-bond acceptors (Lipinski definition) is 6. The Morgan fingerprint density at radius 3 is 2.54 bits per heavy atom. The first-order valence-corrected chi connectivity index (χ1v) is 8.37. The number of para-hydroxylation sites is 4. The van der Waals surface area contributed by atoms with Crippen molar-refractivity contribution in [3.8, 4) is 17.2 Å². The SMILES string of the molecule is C[C@@H](OC(=O)[C@@H]1COc2ccccc2O1)C(=O)Nc1ccccc1OC(F)F. The number of fused-ring (bicyclic) bond motifs is 1. The van der Waals surface area contributed by atoms with E-state index in [0.29, 0.717) is 11.5 Å². The minimum Gasteiger partial charge on any atom is -0.485 e. The molecule has 3 rings (SSSR count). The van der Waals surface area contributed by atoms with Crippen LogP contribution in [0.4, 0.5) is 14.5 Å². The normalized spacial score (nSPS) is 16.2. The van der Waals surface area contributed by atoms with E-state index in [4.69, 9.17) is 14.2 Å². The molecule has 2 aromatic rings. The van der Waals surface area contributed by atoms with Crippen molar-refractivity contribution in [3.63, 3.8) is 0 Å². The number of alkyl halides is 2. The van der Waals surface area contributed by atoms with E-state index >= 15 is 0 Å². The number of nitrogens with one attached hydrogen (secondary N) is 1. The third kappa shape index (κ3) is 4.67. The predicted octanol–water partition coefficient (Wildman–Crippen LogP) is 3.00. The molecular formula is C19H17F2NO6. The minimum absolute atomic E-state index is 0.0295. The Morgan fingerprint density at radius 2 is 1.79 bits per heavy atom. The van der Waals surface area contributed by atoms with Gasteiger partial charge >= 0.3 is 12.6 Å². The molecule has 0 bridgehead atoms. The zero-order valence-corrected chi connectivity index (χ0v) is 14.8. The summed E-state index contributed by atoms with van der Waals surface area (Å²) >= 11 is 0. The zero-order chi connectivity index (χ0) is 20.1. The van der Waals surface area contributed by atoms with Crippen molar-refractivity contribution in [3.05, 3.63) is 48.5 Å². The number of anilines is 1. The lowest BCUT2D eigenvalue weighted by atomic mass is 10.2. The van der Waals surface area contributed by atoms with E-state index in [0.717, 1.165) is 0 Å². The Balaban J connectivity index is 1.58. The third-order valence-electron chi connectivity index (χ3n) is 3.79. The monoisotopic (exact) mass is 393 g/mol. The van der Waals surface area contributed by atoms with Gasteiger partial charge in [0.25, 0.3) is 5.91 Å². The third-order valence-corrected chi connectivity index (χ3v) is 3.79. The number of amides is 1. The van der Waals surface area contributed by atoms with Gasteiger partial charge in [-0.3, -0.25) is 4.79 Å². The molecule has 0 radical (unpaired) electrons. The van der Waals surface area contributed by atoms with Crippen LogP contribution in [0.5, 0.6) is 17.2 Å². The van der Waals surface area contributed by atoms with Gasteiger partial charge in [-0.05, 0) is 31.2 Å². The summed E-state index contributed by atoms with van der Waals surface area (Å²) in [5.74, 6) is -0.797. The highest BCUT2D eigenvalue weighted by Crippen LogP contribution is 2.31. The van der Waals surface area contributed by atoms with Crippen LogP contribution in [0, 0.1) is 0 Å². The molecule has 0 aliphatic carbocycles. The highest BCUT2D eigenvalue weighted by atomic mass is 19.3. The van der Waals surface area contributed by atoms with Crippen molar-refractivity contribution in [2.75, 3.05) is 11.9 Å². The van der Waals surface area contributed by atoms with Gasteiger partial charge < -0.3 is 24.3 Å². The van der Waals surface area contributed by atoms with Gasteiger partial charge in [0.15, 0.2) is 17.6 Å². The Hall–Kier alpha value is -3.36. The first-order valence-electron chi connectivity index (χ1n) is 8.37. The van der Waals surface area contributed by atoms with Crippen LogP contribution in [0.1, 0.15) is 6.92 Å². The molecule has 148 valence electrons. The molecule has 1 heterocycles. The van der Waals surface area contributed by atoms with Crippen molar-refractivity contribution in [2.45, 2.75) is 25.7 Å². The largest absolute Gasteiger partial charge is 0.485 e. The van der Waals surface area contributed by atoms with Gasteiger partial charge in [0.2, 0.25) is 6.10 Å². The van der Waals surface area contributed by atoms with E-state index in [1.54, 1.807) is 24.3 Å². The van der Waals surface area contributed by atoms with E-state index in [1.165, 1.54) is 31.2 Å². The quantitative estimate of drug-likeness (QED) is 0.760. The summed E-state index contributed by atoms with van der Waals surface area (Å²) in [6.45, 7) is -1.75. The minimum atomic E-state index is -3.04. The van der Waals surface area contributed by atoms with Crippen molar-refractivity contribution in [1.82, 2.24) is 0 Å². The fourth-order valence-corrected chi connectivity index (χ4v) is 2.44. The highest BCUT2D eigenvalue weighted by Gasteiger charge is 2.31. The summed E-state index contributed by atoms with van der Waals surface area (Å²) in [6.07, 6.45) is -2.23. The van der Waals surface area contributed by atoms with Crippen molar-refractivity contribution < 1.29 is 37.3 Å². The van der Waals surface area contributed by atoms with Gasteiger partial charge in [-0.25, -0.2) is 4.79 Å². The molecule has 0 saturated heterocycles. The molecule has 28 heavy (non-hydrogen) atoms. The summed E-state index contributed by atoms with van der Waals surface area (Å²) in [4.78, 5) is 24.5. The lowest BCUT2D eigenvalue weighted by Gasteiger charge is -2.26. The molecule has 9 heteroatoms. The molecule has 0 spiro atoms. The standard InChI is InChI=1S/C19H17F2NO6/c1-11(17(23)22-12-6-2-3-7-13(12)28-19(20)21)26-18(24)16-10-25-14-8-4-5-9-15(14)27-16/h2-9,11,16,19H,10H2,1H3,(H,22,23)/t11-,16+/m1/s1. The molecule has 0 fully saturated rings.